The molecule has 1 aromatic heterocycles. The summed E-state index contributed by atoms with van der Waals surface area (Å²) in [6.45, 7) is 0.617. The predicted octanol–water partition coefficient (Wildman–Crippen LogP) is 2.45. The summed E-state index contributed by atoms with van der Waals surface area (Å²) in [5, 5.41) is 5.88. The Hall–Kier alpha value is -1.45. The van der Waals surface area contributed by atoms with Crippen LogP contribution >= 0.6 is 0 Å². The average molecular weight is 236 g/mol. The van der Waals surface area contributed by atoms with E-state index in [1.807, 2.05) is 12.1 Å². The molecular formula is C13H20N2O2. The molecule has 1 aliphatic rings. The van der Waals surface area contributed by atoms with Crippen LogP contribution < -0.4 is 10.6 Å². The zero-order valence-corrected chi connectivity index (χ0v) is 10.1. The Bertz CT molecular complexity index is 329. The Morgan fingerprint density at radius 3 is 2.88 bits per heavy atom. The molecule has 4 nitrogen and oxygen atoms in total. The second-order valence-electron chi connectivity index (χ2n) is 4.56. The van der Waals surface area contributed by atoms with Gasteiger partial charge in [0.15, 0.2) is 0 Å². The van der Waals surface area contributed by atoms with Crippen molar-refractivity contribution in [3.63, 3.8) is 0 Å². The summed E-state index contributed by atoms with van der Waals surface area (Å²) < 4.78 is 5.19. The van der Waals surface area contributed by atoms with Crippen LogP contribution in [0.2, 0.25) is 0 Å². The molecule has 2 amide bonds. The molecule has 0 saturated heterocycles. The normalized spacial score (nSPS) is 16.7. The third-order valence-electron chi connectivity index (χ3n) is 3.18. The van der Waals surface area contributed by atoms with Gasteiger partial charge in [-0.15, -0.1) is 0 Å². The summed E-state index contributed by atoms with van der Waals surface area (Å²) in [4.78, 5) is 11.6. The second kappa shape index (κ2) is 6.33. The Kier molecular flexibility index (Phi) is 4.47. The maximum Gasteiger partial charge on any atom is 0.315 e. The lowest BCUT2D eigenvalue weighted by atomic mass is 9.96. The third kappa shape index (κ3) is 4.13. The molecule has 0 spiro atoms. The molecular weight excluding hydrogens is 216 g/mol. The average Bonchev–Trinajstić information content (AvgIpc) is 2.83. The Balaban J connectivity index is 1.60. The van der Waals surface area contributed by atoms with Crippen molar-refractivity contribution < 1.29 is 9.21 Å². The summed E-state index contributed by atoms with van der Waals surface area (Å²) in [6.07, 6.45) is 8.40. The van der Waals surface area contributed by atoms with Gasteiger partial charge in [0.1, 0.15) is 5.76 Å². The fourth-order valence-electron chi connectivity index (χ4n) is 2.24. The first-order chi connectivity index (χ1) is 8.34. The van der Waals surface area contributed by atoms with Crippen molar-refractivity contribution in [1.82, 2.24) is 10.6 Å². The van der Waals surface area contributed by atoms with Gasteiger partial charge in [0.05, 0.1) is 6.26 Å². The minimum absolute atomic E-state index is 0.0524. The van der Waals surface area contributed by atoms with Gasteiger partial charge >= 0.3 is 6.03 Å². The zero-order valence-electron chi connectivity index (χ0n) is 10.1. The molecule has 17 heavy (non-hydrogen) atoms. The molecule has 4 heteroatoms. The number of furan rings is 1. The molecule has 0 atom stereocenters. The number of nitrogens with one attached hydrogen (secondary N) is 2. The van der Waals surface area contributed by atoms with E-state index in [0.717, 1.165) is 25.0 Å². The molecule has 1 saturated carbocycles. The minimum atomic E-state index is -0.0524. The van der Waals surface area contributed by atoms with Gasteiger partial charge in [0.25, 0.3) is 0 Å². The summed E-state index contributed by atoms with van der Waals surface area (Å²) in [6, 6.07) is 4.09. The van der Waals surface area contributed by atoms with E-state index >= 15 is 0 Å². The van der Waals surface area contributed by atoms with Gasteiger partial charge < -0.3 is 15.1 Å². The van der Waals surface area contributed by atoms with Crippen LogP contribution in [0.4, 0.5) is 4.79 Å². The van der Waals surface area contributed by atoms with Crippen molar-refractivity contribution in [3.05, 3.63) is 24.2 Å². The highest BCUT2D eigenvalue weighted by Gasteiger charge is 2.14. The summed E-state index contributed by atoms with van der Waals surface area (Å²) >= 11 is 0. The van der Waals surface area contributed by atoms with Gasteiger partial charge in [-0.3, -0.25) is 0 Å². The summed E-state index contributed by atoms with van der Waals surface area (Å²) in [7, 11) is 0. The van der Waals surface area contributed by atoms with E-state index in [0.29, 0.717) is 12.6 Å². The molecule has 1 fully saturated rings. The second-order valence-corrected chi connectivity index (χ2v) is 4.56. The predicted molar refractivity (Wildman–Crippen MR) is 65.8 cm³/mol. The van der Waals surface area contributed by atoms with Crippen molar-refractivity contribution in [2.75, 3.05) is 6.54 Å². The topological polar surface area (TPSA) is 54.3 Å². The first-order valence-corrected chi connectivity index (χ1v) is 6.41. The lowest BCUT2D eigenvalue weighted by Crippen LogP contribution is -2.43. The van der Waals surface area contributed by atoms with Crippen LogP contribution in [0.5, 0.6) is 0 Å². The third-order valence-corrected chi connectivity index (χ3v) is 3.18. The molecule has 0 aromatic carbocycles. The molecule has 2 N–H and O–H groups in total. The molecule has 0 bridgehead atoms. The number of carbonyl (C=O) groups excluding carboxylic acids is 1. The number of carbonyl (C=O) groups is 1. The van der Waals surface area contributed by atoms with Crippen LogP contribution in [0.25, 0.3) is 0 Å². The molecule has 2 rings (SSSR count). The fourth-order valence-corrected chi connectivity index (χ4v) is 2.24. The van der Waals surface area contributed by atoms with Gasteiger partial charge in [0.2, 0.25) is 0 Å². The largest absolute Gasteiger partial charge is 0.469 e. The Morgan fingerprint density at radius 2 is 2.18 bits per heavy atom. The summed E-state index contributed by atoms with van der Waals surface area (Å²) in [5.74, 6) is 0.906. The molecule has 94 valence electrons. The van der Waals surface area contributed by atoms with E-state index in [-0.39, 0.29) is 6.03 Å². The van der Waals surface area contributed by atoms with Gasteiger partial charge in [0, 0.05) is 19.0 Å². The number of urea groups is 1. The van der Waals surface area contributed by atoms with E-state index in [4.69, 9.17) is 4.42 Å². The van der Waals surface area contributed by atoms with Gasteiger partial charge in [-0.05, 0) is 25.0 Å². The lowest BCUT2D eigenvalue weighted by molar-refractivity contribution is 0.232. The highest BCUT2D eigenvalue weighted by molar-refractivity contribution is 5.74. The van der Waals surface area contributed by atoms with E-state index < -0.39 is 0 Å². The first-order valence-electron chi connectivity index (χ1n) is 6.41. The Morgan fingerprint density at radius 1 is 1.35 bits per heavy atom. The van der Waals surface area contributed by atoms with Crippen LogP contribution in [0, 0.1) is 0 Å². The zero-order chi connectivity index (χ0) is 11.9. The molecule has 1 aliphatic carbocycles. The molecule has 0 radical (unpaired) electrons. The van der Waals surface area contributed by atoms with E-state index in [2.05, 4.69) is 10.6 Å². The molecule has 1 aromatic rings. The van der Waals surface area contributed by atoms with Crippen LogP contribution in [0.3, 0.4) is 0 Å². The van der Waals surface area contributed by atoms with Crippen molar-refractivity contribution in [2.24, 2.45) is 0 Å². The summed E-state index contributed by atoms with van der Waals surface area (Å²) in [5.41, 5.74) is 0. The van der Waals surface area contributed by atoms with Crippen LogP contribution in [0.1, 0.15) is 37.9 Å². The highest BCUT2D eigenvalue weighted by Crippen LogP contribution is 2.17. The fraction of sp³-hybridized carbons (Fsp3) is 0.615. The van der Waals surface area contributed by atoms with Crippen molar-refractivity contribution in [1.29, 1.82) is 0 Å². The number of hydrogen-bond acceptors (Lipinski definition) is 2. The lowest BCUT2D eigenvalue weighted by Gasteiger charge is -2.22. The molecule has 0 aliphatic heterocycles. The van der Waals surface area contributed by atoms with E-state index in [1.165, 1.54) is 19.3 Å². The van der Waals surface area contributed by atoms with E-state index in [1.54, 1.807) is 6.26 Å². The number of rotatable bonds is 4. The first kappa shape index (κ1) is 12.0. The smallest absolute Gasteiger partial charge is 0.315 e. The van der Waals surface area contributed by atoms with Crippen molar-refractivity contribution in [2.45, 2.75) is 44.6 Å². The monoisotopic (exact) mass is 236 g/mol. The molecule has 1 heterocycles. The number of amides is 2. The SMILES string of the molecule is O=C(NCCc1ccco1)NC1CCCCC1. The maximum absolute atomic E-state index is 11.6. The number of hydrogen-bond donors (Lipinski definition) is 2. The van der Waals surface area contributed by atoms with Crippen LogP contribution in [-0.4, -0.2) is 18.6 Å². The molecule has 0 unspecified atom stereocenters. The highest BCUT2D eigenvalue weighted by atomic mass is 16.3. The van der Waals surface area contributed by atoms with E-state index in [9.17, 15) is 4.79 Å². The van der Waals surface area contributed by atoms with Crippen LogP contribution in [0.15, 0.2) is 22.8 Å². The standard InChI is InChI=1S/C13H20N2O2/c16-13(15-11-5-2-1-3-6-11)14-9-8-12-7-4-10-17-12/h4,7,10-11H,1-3,5-6,8-9H2,(H2,14,15,16). The van der Waals surface area contributed by atoms with Gasteiger partial charge in [-0.1, -0.05) is 19.3 Å². The van der Waals surface area contributed by atoms with Gasteiger partial charge in [-0.2, -0.15) is 0 Å². The van der Waals surface area contributed by atoms with Crippen molar-refractivity contribution >= 4 is 6.03 Å². The maximum atomic E-state index is 11.6. The minimum Gasteiger partial charge on any atom is -0.469 e. The Labute approximate surface area is 102 Å². The quantitative estimate of drug-likeness (QED) is 0.843. The van der Waals surface area contributed by atoms with Crippen molar-refractivity contribution in [3.8, 4) is 0 Å². The van der Waals surface area contributed by atoms with Gasteiger partial charge in [-0.25, -0.2) is 4.79 Å². The van der Waals surface area contributed by atoms with Crippen LogP contribution in [-0.2, 0) is 6.42 Å².